The summed E-state index contributed by atoms with van der Waals surface area (Å²) in [7, 11) is 0. The van der Waals surface area contributed by atoms with Crippen molar-refractivity contribution in [2.24, 2.45) is 0 Å². The summed E-state index contributed by atoms with van der Waals surface area (Å²) in [6.45, 7) is 4.97. The fourth-order valence-electron chi connectivity index (χ4n) is 3.10. The van der Waals surface area contributed by atoms with Gasteiger partial charge in [-0.25, -0.2) is 4.98 Å². The van der Waals surface area contributed by atoms with Crippen LogP contribution < -0.4 is 0 Å². The highest BCUT2D eigenvalue weighted by molar-refractivity contribution is 7.11. The van der Waals surface area contributed by atoms with Crippen LogP contribution in [-0.2, 0) is 6.54 Å². The summed E-state index contributed by atoms with van der Waals surface area (Å²) in [4.78, 5) is 10.8. The smallest absolute Gasteiger partial charge is 0.135 e. The molecule has 0 aliphatic carbocycles. The maximum Gasteiger partial charge on any atom is 0.135 e. The molecule has 0 bridgehead atoms. The van der Waals surface area contributed by atoms with Gasteiger partial charge in [-0.3, -0.25) is 10.4 Å². The van der Waals surface area contributed by atoms with E-state index >= 15 is 0 Å². The summed E-state index contributed by atoms with van der Waals surface area (Å²) < 4.78 is 0. The van der Waals surface area contributed by atoms with Crippen LogP contribution >= 0.6 is 11.3 Å². The van der Waals surface area contributed by atoms with E-state index in [0.717, 1.165) is 17.0 Å². The number of aliphatic hydroxyl groups excluding tert-OH is 1. The van der Waals surface area contributed by atoms with Crippen LogP contribution in [0.1, 0.15) is 21.8 Å². The van der Waals surface area contributed by atoms with Gasteiger partial charge in [-0.15, -0.1) is 11.3 Å². The number of aromatic nitrogens is 2. The zero-order chi connectivity index (χ0) is 19.0. The number of pyridine rings is 1. The Labute approximate surface area is 162 Å². The van der Waals surface area contributed by atoms with Gasteiger partial charge < -0.3 is 10.0 Å². The number of amidine groups is 1. The molecule has 3 aromatic rings. The van der Waals surface area contributed by atoms with Crippen LogP contribution in [0.5, 0.6) is 0 Å². The molecule has 2 N–H and O–H groups in total. The van der Waals surface area contributed by atoms with Gasteiger partial charge in [-0.05, 0) is 43.2 Å². The third-order valence-electron chi connectivity index (χ3n) is 4.78. The summed E-state index contributed by atoms with van der Waals surface area (Å²) in [5.74, 6) is 0.482. The Hall–Kier alpha value is -2.99. The van der Waals surface area contributed by atoms with Crippen molar-refractivity contribution in [1.82, 2.24) is 14.9 Å². The summed E-state index contributed by atoms with van der Waals surface area (Å²) in [6, 6.07) is 12.0. The van der Waals surface area contributed by atoms with Crippen LogP contribution in [0.3, 0.4) is 0 Å². The molecular formula is C21H20N4OS. The van der Waals surface area contributed by atoms with Crippen molar-refractivity contribution in [3.05, 3.63) is 75.6 Å². The predicted molar refractivity (Wildman–Crippen MR) is 109 cm³/mol. The first-order chi connectivity index (χ1) is 13.0. The second-order valence-electron chi connectivity index (χ2n) is 6.68. The van der Waals surface area contributed by atoms with E-state index in [1.807, 2.05) is 28.5 Å². The Kier molecular flexibility index (Phi) is 4.49. The summed E-state index contributed by atoms with van der Waals surface area (Å²) in [6.07, 6.45) is 1.74. The minimum absolute atomic E-state index is 0.192. The standard InChI is InChI=1S/C21H20N4OS/c1-13-6-7-15(9-14(13)2)17-12-27-21(24-17)19-18(26)11-25(20(19)22)10-16-5-3-4-8-23-16/h3-9,12,22,26H,10-11H2,1-2H3. The van der Waals surface area contributed by atoms with E-state index in [2.05, 4.69) is 37.0 Å². The van der Waals surface area contributed by atoms with Gasteiger partial charge >= 0.3 is 0 Å². The maximum absolute atomic E-state index is 10.5. The first-order valence-electron chi connectivity index (χ1n) is 8.72. The lowest BCUT2D eigenvalue weighted by molar-refractivity contribution is 0.345. The molecule has 0 saturated heterocycles. The average Bonchev–Trinajstić information content (AvgIpc) is 3.23. The van der Waals surface area contributed by atoms with Crippen LogP contribution in [0.15, 0.2) is 53.7 Å². The number of hydrogen-bond donors (Lipinski definition) is 2. The van der Waals surface area contributed by atoms with E-state index in [0.29, 0.717) is 29.5 Å². The topological polar surface area (TPSA) is 73.1 Å². The van der Waals surface area contributed by atoms with Crippen LogP contribution in [-0.4, -0.2) is 32.4 Å². The molecule has 0 fully saturated rings. The third-order valence-corrected chi connectivity index (χ3v) is 5.64. The maximum atomic E-state index is 10.5. The van der Waals surface area contributed by atoms with Gasteiger partial charge in [0.05, 0.1) is 30.1 Å². The highest BCUT2D eigenvalue weighted by Gasteiger charge is 2.30. The molecule has 4 rings (SSSR count). The second-order valence-corrected chi connectivity index (χ2v) is 7.54. The Morgan fingerprint density at radius 2 is 2.04 bits per heavy atom. The fraction of sp³-hybridized carbons (Fsp3) is 0.190. The zero-order valence-electron chi connectivity index (χ0n) is 15.2. The van der Waals surface area contributed by atoms with E-state index in [-0.39, 0.29) is 5.76 Å². The molecule has 0 radical (unpaired) electrons. The fourth-order valence-corrected chi connectivity index (χ4v) is 4.00. The van der Waals surface area contributed by atoms with E-state index in [9.17, 15) is 5.11 Å². The normalized spacial score (nSPS) is 14.3. The molecule has 1 aliphatic rings. The number of rotatable bonds is 4. The van der Waals surface area contributed by atoms with E-state index < -0.39 is 0 Å². The van der Waals surface area contributed by atoms with Crippen molar-refractivity contribution in [1.29, 1.82) is 5.41 Å². The van der Waals surface area contributed by atoms with Gasteiger partial charge in [-0.2, -0.15) is 0 Å². The lowest BCUT2D eigenvalue weighted by Gasteiger charge is -2.17. The lowest BCUT2D eigenvalue weighted by atomic mass is 10.1. The molecular weight excluding hydrogens is 356 g/mol. The molecule has 0 spiro atoms. The Balaban J connectivity index is 1.58. The van der Waals surface area contributed by atoms with Crippen LogP contribution in [0.2, 0.25) is 0 Å². The molecule has 0 unspecified atom stereocenters. The number of thiazole rings is 1. The van der Waals surface area contributed by atoms with Crippen molar-refractivity contribution in [3.8, 4) is 11.3 Å². The largest absolute Gasteiger partial charge is 0.510 e. The molecule has 3 heterocycles. The first kappa shape index (κ1) is 17.4. The highest BCUT2D eigenvalue weighted by atomic mass is 32.1. The molecule has 0 saturated carbocycles. The number of hydrogen-bond acceptors (Lipinski definition) is 5. The Bertz CT molecular complexity index is 1040. The highest BCUT2D eigenvalue weighted by Crippen LogP contribution is 2.33. The lowest BCUT2D eigenvalue weighted by Crippen LogP contribution is -2.26. The molecule has 1 aromatic carbocycles. The van der Waals surface area contributed by atoms with Gasteiger partial charge in [0.25, 0.3) is 0 Å². The molecule has 1 aliphatic heterocycles. The monoisotopic (exact) mass is 376 g/mol. The van der Waals surface area contributed by atoms with E-state index in [1.165, 1.54) is 22.5 Å². The number of aliphatic hydroxyl groups is 1. The van der Waals surface area contributed by atoms with Gasteiger partial charge in [0.15, 0.2) is 0 Å². The summed E-state index contributed by atoms with van der Waals surface area (Å²) in [5.41, 5.74) is 5.78. The second kappa shape index (κ2) is 6.96. The van der Waals surface area contributed by atoms with Gasteiger partial charge in [-0.1, -0.05) is 18.2 Å². The van der Waals surface area contributed by atoms with Gasteiger partial charge in [0.2, 0.25) is 0 Å². The number of nitrogens with zero attached hydrogens (tertiary/aromatic N) is 3. The minimum Gasteiger partial charge on any atom is -0.510 e. The summed E-state index contributed by atoms with van der Waals surface area (Å²) >= 11 is 1.46. The first-order valence-corrected chi connectivity index (χ1v) is 9.60. The Morgan fingerprint density at radius 3 is 2.78 bits per heavy atom. The van der Waals surface area contributed by atoms with Crippen molar-refractivity contribution in [2.75, 3.05) is 6.54 Å². The number of nitrogens with one attached hydrogen (secondary N) is 1. The Morgan fingerprint density at radius 1 is 1.19 bits per heavy atom. The molecule has 2 aromatic heterocycles. The van der Waals surface area contributed by atoms with Crippen molar-refractivity contribution < 1.29 is 5.11 Å². The molecule has 136 valence electrons. The van der Waals surface area contributed by atoms with Crippen molar-refractivity contribution >= 4 is 22.7 Å². The van der Waals surface area contributed by atoms with Crippen molar-refractivity contribution in [3.63, 3.8) is 0 Å². The molecule has 0 atom stereocenters. The van der Waals surface area contributed by atoms with Crippen LogP contribution in [0.4, 0.5) is 0 Å². The van der Waals surface area contributed by atoms with E-state index in [1.54, 1.807) is 6.20 Å². The number of aryl methyl sites for hydroxylation is 2. The minimum atomic E-state index is 0.192. The van der Waals surface area contributed by atoms with Gasteiger partial charge in [0, 0.05) is 17.1 Å². The van der Waals surface area contributed by atoms with Crippen LogP contribution in [0, 0.1) is 19.3 Å². The molecule has 27 heavy (non-hydrogen) atoms. The van der Waals surface area contributed by atoms with E-state index in [4.69, 9.17) is 10.4 Å². The zero-order valence-corrected chi connectivity index (χ0v) is 16.0. The quantitative estimate of drug-likeness (QED) is 0.699. The average molecular weight is 376 g/mol. The predicted octanol–water partition coefficient (Wildman–Crippen LogP) is 4.58. The SMILES string of the molecule is Cc1ccc(-c2csc(C3=C(O)CN(Cc4ccccn4)C3=N)n2)cc1C. The molecule has 5 nitrogen and oxygen atoms in total. The molecule has 6 heteroatoms. The molecule has 0 amide bonds. The number of benzene rings is 1. The van der Waals surface area contributed by atoms with Gasteiger partial charge in [0.1, 0.15) is 16.6 Å². The van der Waals surface area contributed by atoms with Crippen molar-refractivity contribution in [2.45, 2.75) is 20.4 Å². The summed E-state index contributed by atoms with van der Waals surface area (Å²) in [5, 5.41) is 21.6. The van der Waals surface area contributed by atoms with Crippen LogP contribution in [0.25, 0.3) is 16.8 Å². The third kappa shape index (κ3) is 3.36.